The number of anilines is 1. The highest BCUT2D eigenvalue weighted by Gasteiger charge is 2.22. The molecule has 0 saturated carbocycles. The Morgan fingerprint density at radius 2 is 2.00 bits per heavy atom. The van der Waals surface area contributed by atoms with E-state index < -0.39 is 0 Å². The Hall–Kier alpha value is -2.47. The second kappa shape index (κ2) is 8.95. The van der Waals surface area contributed by atoms with Gasteiger partial charge in [-0.05, 0) is 49.6 Å². The molecular formula is C21H26FN3O2. The number of halogens is 1. The molecule has 1 N–H and O–H groups in total. The molecule has 144 valence electrons. The molecule has 2 heterocycles. The van der Waals surface area contributed by atoms with Crippen LogP contribution in [0.25, 0.3) is 0 Å². The Morgan fingerprint density at radius 3 is 2.67 bits per heavy atom. The van der Waals surface area contributed by atoms with Gasteiger partial charge in [0.1, 0.15) is 11.6 Å². The zero-order valence-corrected chi connectivity index (χ0v) is 15.8. The van der Waals surface area contributed by atoms with Crippen LogP contribution in [0.5, 0.6) is 0 Å². The van der Waals surface area contributed by atoms with Crippen LogP contribution < -0.4 is 10.2 Å². The van der Waals surface area contributed by atoms with E-state index in [1.165, 1.54) is 12.1 Å². The van der Waals surface area contributed by atoms with Gasteiger partial charge in [0, 0.05) is 32.3 Å². The second-order valence-electron chi connectivity index (χ2n) is 7.09. The van der Waals surface area contributed by atoms with Crippen molar-refractivity contribution in [2.75, 3.05) is 18.0 Å². The smallest absolute Gasteiger partial charge is 0.220 e. The van der Waals surface area contributed by atoms with Crippen LogP contribution in [0.4, 0.5) is 10.2 Å². The summed E-state index contributed by atoms with van der Waals surface area (Å²) < 4.78 is 18.9. The van der Waals surface area contributed by atoms with Gasteiger partial charge in [-0.3, -0.25) is 4.79 Å². The third kappa shape index (κ3) is 5.76. The van der Waals surface area contributed by atoms with E-state index in [1.54, 1.807) is 12.3 Å². The van der Waals surface area contributed by atoms with E-state index in [2.05, 4.69) is 29.0 Å². The Balaban J connectivity index is 1.46. The van der Waals surface area contributed by atoms with Crippen molar-refractivity contribution in [1.29, 1.82) is 0 Å². The van der Waals surface area contributed by atoms with Gasteiger partial charge in [0.05, 0.1) is 12.2 Å². The normalized spacial score (nSPS) is 19.7. The van der Waals surface area contributed by atoms with Gasteiger partial charge in [-0.1, -0.05) is 18.2 Å². The van der Waals surface area contributed by atoms with E-state index in [0.717, 1.165) is 30.0 Å². The molecule has 5 nitrogen and oxygen atoms in total. The maximum Gasteiger partial charge on any atom is 0.220 e. The Bertz CT molecular complexity index is 756. The fraction of sp³-hybridized carbons (Fsp3) is 0.429. The third-order valence-corrected chi connectivity index (χ3v) is 4.57. The summed E-state index contributed by atoms with van der Waals surface area (Å²) in [6.45, 7) is 6.22. The Morgan fingerprint density at radius 1 is 1.22 bits per heavy atom. The first-order valence-corrected chi connectivity index (χ1v) is 9.36. The molecule has 0 spiro atoms. The van der Waals surface area contributed by atoms with Gasteiger partial charge < -0.3 is 15.0 Å². The number of nitrogens with one attached hydrogen (secondary N) is 1. The zero-order chi connectivity index (χ0) is 19.2. The number of aromatic nitrogens is 1. The summed E-state index contributed by atoms with van der Waals surface area (Å²) >= 11 is 0. The number of amides is 1. The van der Waals surface area contributed by atoms with Crippen LogP contribution in [0, 0.1) is 5.82 Å². The first-order chi connectivity index (χ1) is 13.0. The van der Waals surface area contributed by atoms with Crippen molar-refractivity contribution in [2.45, 2.75) is 45.4 Å². The van der Waals surface area contributed by atoms with Gasteiger partial charge in [0.15, 0.2) is 0 Å². The third-order valence-electron chi connectivity index (χ3n) is 4.57. The lowest BCUT2D eigenvalue weighted by Crippen LogP contribution is -2.45. The summed E-state index contributed by atoms with van der Waals surface area (Å²) in [5.41, 5.74) is 1.78. The van der Waals surface area contributed by atoms with Gasteiger partial charge in [0.2, 0.25) is 5.91 Å². The SMILES string of the molecule is C[C@@H]1CN(c2ccc(CNC(=O)CCc3cccc(F)c3)cn2)C[C@H](C)O1. The highest BCUT2D eigenvalue weighted by molar-refractivity contribution is 5.76. The first-order valence-electron chi connectivity index (χ1n) is 9.36. The number of nitrogens with zero attached hydrogens (tertiary/aromatic N) is 2. The highest BCUT2D eigenvalue weighted by atomic mass is 19.1. The van der Waals surface area contributed by atoms with E-state index >= 15 is 0 Å². The molecule has 1 saturated heterocycles. The summed E-state index contributed by atoms with van der Waals surface area (Å²) in [5.74, 6) is 0.598. The minimum Gasteiger partial charge on any atom is -0.372 e. The maximum atomic E-state index is 13.2. The van der Waals surface area contributed by atoms with Crippen molar-refractivity contribution in [3.05, 3.63) is 59.5 Å². The Labute approximate surface area is 159 Å². The number of carbonyl (C=O) groups excluding carboxylic acids is 1. The predicted octanol–water partition coefficient (Wildman–Crippen LogP) is 3.08. The predicted molar refractivity (Wildman–Crippen MR) is 103 cm³/mol. The lowest BCUT2D eigenvalue weighted by atomic mass is 10.1. The van der Waals surface area contributed by atoms with Gasteiger partial charge >= 0.3 is 0 Å². The summed E-state index contributed by atoms with van der Waals surface area (Å²) in [7, 11) is 0. The highest BCUT2D eigenvalue weighted by Crippen LogP contribution is 2.18. The number of aryl methyl sites for hydroxylation is 1. The summed E-state index contributed by atoms with van der Waals surface area (Å²) in [6, 6.07) is 10.3. The molecule has 0 aliphatic carbocycles. The number of hydrogen-bond donors (Lipinski definition) is 1. The molecule has 1 fully saturated rings. The van der Waals surface area contributed by atoms with Crippen molar-refractivity contribution >= 4 is 11.7 Å². The molecule has 0 unspecified atom stereocenters. The maximum absolute atomic E-state index is 13.2. The average Bonchev–Trinajstić information content (AvgIpc) is 2.64. The minimum absolute atomic E-state index is 0.0563. The van der Waals surface area contributed by atoms with Crippen LogP contribution in [0.1, 0.15) is 31.4 Å². The topological polar surface area (TPSA) is 54.5 Å². The molecule has 0 radical (unpaired) electrons. The molecule has 1 aromatic heterocycles. The summed E-state index contributed by atoms with van der Waals surface area (Å²) in [5, 5.41) is 2.89. The van der Waals surface area contributed by atoms with Gasteiger partial charge in [-0.25, -0.2) is 9.37 Å². The molecule has 2 aromatic rings. The largest absolute Gasteiger partial charge is 0.372 e. The van der Waals surface area contributed by atoms with Crippen molar-refractivity contribution in [3.63, 3.8) is 0 Å². The van der Waals surface area contributed by atoms with Crippen molar-refractivity contribution in [1.82, 2.24) is 10.3 Å². The van der Waals surface area contributed by atoms with E-state index in [1.807, 2.05) is 18.2 Å². The average molecular weight is 371 g/mol. The molecule has 1 aliphatic heterocycles. The monoisotopic (exact) mass is 371 g/mol. The Kier molecular flexibility index (Phi) is 6.40. The van der Waals surface area contributed by atoms with Gasteiger partial charge in [-0.15, -0.1) is 0 Å². The van der Waals surface area contributed by atoms with Crippen LogP contribution in [0.3, 0.4) is 0 Å². The van der Waals surface area contributed by atoms with Gasteiger partial charge in [0.25, 0.3) is 0 Å². The lowest BCUT2D eigenvalue weighted by molar-refractivity contribution is -0.121. The van der Waals surface area contributed by atoms with E-state index in [4.69, 9.17) is 4.74 Å². The molecular weight excluding hydrogens is 345 g/mol. The van der Waals surface area contributed by atoms with Crippen LogP contribution in [0.2, 0.25) is 0 Å². The molecule has 3 rings (SSSR count). The van der Waals surface area contributed by atoms with Crippen molar-refractivity contribution < 1.29 is 13.9 Å². The molecule has 6 heteroatoms. The standard InChI is InChI=1S/C21H26FN3O2/c1-15-13-25(14-16(2)27-15)20-8-6-18(11-23-20)12-24-21(26)9-7-17-4-3-5-19(22)10-17/h3-6,8,10-11,15-16H,7,9,12-14H2,1-2H3,(H,24,26)/t15-,16+. The van der Waals surface area contributed by atoms with E-state index in [9.17, 15) is 9.18 Å². The summed E-state index contributed by atoms with van der Waals surface area (Å²) in [6.07, 6.45) is 3.03. The molecule has 27 heavy (non-hydrogen) atoms. The number of hydrogen-bond acceptors (Lipinski definition) is 4. The number of carbonyl (C=O) groups is 1. The quantitative estimate of drug-likeness (QED) is 0.848. The zero-order valence-electron chi connectivity index (χ0n) is 15.8. The van der Waals surface area contributed by atoms with Crippen LogP contribution >= 0.6 is 0 Å². The fourth-order valence-electron chi connectivity index (χ4n) is 3.31. The van der Waals surface area contributed by atoms with Gasteiger partial charge in [-0.2, -0.15) is 0 Å². The van der Waals surface area contributed by atoms with E-state index in [-0.39, 0.29) is 23.9 Å². The molecule has 1 amide bonds. The lowest BCUT2D eigenvalue weighted by Gasteiger charge is -2.36. The first kappa shape index (κ1) is 19.3. The number of benzene rings is 1. The van der Waals surface area contributed by atoms with Crippen LogP contribution in [-0.4, -0.2) is 36.2 Å². The van der Waals surface area contributed by atoms with Crippen LogP contribution in [0.15, 0.2) is 42.6 Å². The molecule has 1 aliphatic rings. The molecule has 2 atom stereocenters. The number of ether oxygens (including phenoxy) is 1. The number of pyridine rings is 1. The molecule has 0 bridgehead atoms. The fourth-order valence-corrected chi connectivity index (χ4v) is 3.31. The van der Waals surface area contributed by atoms with Crippen LogP contribution in [-0.2, 0) is 22.5 Å². The van der Waals surface area contributed by atoms with E-state index in [0.29, 0.717) is 19.4 Å². The molecule has 1 aromatic carbocycles. The summed E-state index contributed by atoms with van der Waals surface area (Å²) in [4.78, 5) is 18.8. The number of morpholine rings is 1. The minimum atomic E-state index is -0.275. The van der Waals surface area contributed by atoms with Crippen molar-refractivity contribution in [2.24, 2.45) is 0 Å². The number of rotatable bonds is 6. The second-order valence-corrected chi connectivity index (χ2v) is 7.09. The van der Waals surface area contributed by atoms with Crippen molar-refractivity contribution in [3.8, 4) is 0 Å².